The van der Waals surface area contributed by atoms with Gasteiger partial charge in [-0.05, 0) is 38.5 Å². The van der Waals surface area contributed by atoms with Gasteiger partial charge in [-0.3, -0.25) is 9.59 Å². The van der Waals surface area contributed by atoms with Crippen LogP contribution < -0.4 is 5.32 Å². The van der Waals surface area contributed by atoms with Gasteiger partial charge in [-0.2, -0.15) is 0 Å². The number of aliphatic carboxylic acids is 1. The van der Waals surface area contributed by atoms with Crippen LogP contribution in [0.15, 0.2) is 0 Å². The number of carbonyl (C=O) groups excluding carboxylic acids is 1. The lowest BCUT2D eigenvalue weighted by Gasteiger charge is -2.25. The summed E-state index contributed by atoms with van der Waals surface area (Å²) in [7, 11) is 1.68. The van der Waals surface area contributed by atoms with E-state index in [0.29, 0.717) is 19.4 Å². The van der Waals surface area contributed by atoms with Crippen molar-refractivity contribution in [2.45, 2.75) is 44.9 Å². The maximum atomic E-state index is 11.9. The number of carboxylic acids is 1. The van der Waals surface area contributed by atoms with Crippen LogP contribution in [0.2, 0.25) is 0 Å². The van der Waals surface area contributed by atoms with Crippen molar-refractivity contribution >= 4 is 11.9 Å². The van der Waals surface area contributed by atoms with Crippen molar-refractivity contribution in [3.63, 3.8) is 0 Å². The third-order valence-corrected chi connectivity index (χ3v) is 3.72. The Labute approximate surface area is 114 Å². The predicted molar refractivity (Wildman–Crippen MR) is 71.8 cm³/mol. The van der Waals surface area contributed by atoms with Gasteiger partial charge in [0.2, 0.25) is 5.91 Å². The Hall–Kier alpha value is -1.10. The van der Waals surface area contributed by atoms with E-state index in [4.69, 9.17) is 9.84 Å². The molecule has 1 aliphatic carbocycles. The molecule has 1 rings (SSSR count). The van der Waals surface area contributed by atoms with Crippen LogP contribution in [-0.4, -0.2) is 37.2 Å². The minimum absolute atomic E-state index is 0.0256. The van der Waals surface area contributed by atoms with Crippen molar-refractivity contribution in [2.24, 2.45) is 11.8 Å². The van der Waals surface area contributed by atoms with Crippen molar-refractivity contribution < 1.29 is 19.4 Å². The first kappa shape index (κ1) is 16.0. The summed E-state index contributed by atoms with van der Waals surface area (Å²) in [5.74, 6) is -1.20. The number of carboxylic acid groups (broad SMARTS) is 1. The summed E-state index contributed by atoms with van der Waals surface area (Å²) in [5, 5.41) is 11.9. The van der Waals surface area contributed by atoms with Gasteiger partial charge >= 0.3 is 5.97 Å². The first-order chi connectivity index (χ1) is 9.15. The Morgan fingerprint density at radius 1 is 1.21 bits per heavy atom. The maximum Gasteiger partial charge on any atom is 0.306 e. The van der Waals surface area contributed by atoms with Crippen LogP contribution in [0.3, 0.4) is 0 Å². The molecule has 5 heteroatoms. The lowest BCUT2D eigenvalue weighted by atomic mass is 9.81. The number of rotatable bonds is 8. The van der Waals surface area contributed by atoms with Crippen LogP contribution >= 0.6 is 0 Å². The predicted octanol–water partition coefficient (Wildman–Crippen LogP) is 1.81. The van der Waals surface area contributed by atoms with E-state index in [-0.39, 0.29) is 17.7 Å². The molecule has 0 radical (unpaired) electrons. The second kappa shape index (κ2) is 8.91. The zero-order chi connectivity index (χ0) is 14.1. The number of hydrogen-bond donors (Lipinski definition) is 2. The Morgan fingerprint density at radius 3 is 2.63 bits per heavy atom. The molecule has 0 spiro atoms. The van der Waals surface area contributed by atoms with Crippen LogP contribution in [0.1, 0.15) is 44.9 Å². The fraction of sp³-hybridized carbons (Fsp3) is 0.857. The van der Waals surface area contributed by atoms with E-state index in [0.717, 1.165) is 38.7 Å². The van der Waals surface area contributed by atoms with Crippen LogP contribution in [0.5, 0.6) is 0 Å². The molecule has 1 saturated carbocycles. The summed E-state index contributed by atoms with van der Waals surface area (Å²) in [6.45, 7) is 1.44. The SMILES string of the molecule is COCCCCCNC(=O)C1CCCC(C(=O)O)C1. The van der Waals surface area contributed by atoms with E-state index in [1.807, 2.05) is 0 Å². The summed E-state index contributed by atoms with van der Waals surface area (Å²) in [5.41, 5.74) is 0. The average molecular weight is 271 g/mol. The minimum atomic E-state index is -0.767. The number of carbonyl (C=O) groups is 2. The fourth-order valence-corrected chi connectivity index (χ4v) is 2.56. The summed E-state index contributed by atoms with van der Waals surface area (Å²) in [6.07, 6.45) is 5.85. The van der Waals surface area contributed by atoms with E-state index >= 15 is 0 Å². The molecule has 0 aromatic heterocycles. The maximum absolute atomic E-state index is 11.9. The van der Waals surface area contributed by atoms with Crippen molar-refractivity contribution in [3.05, 3.63) is 0 Å². The van der Waals surface area contributed by atoms with Gasteiger partial charge in [0.15, 0.2) is 0 Å². The monoisotopic (exact) mass is 271 g/mol. The van der Waals surface area contributed by atoms with E-state index < -0.39 is 5.97 Å². The molecule has 110 valence electrons. The molecule has 1 aliphatic rings. The molecule has 0 aromatic rings. The fourth-order valence-electron chi connectivity index (χ4n) is 2.56. The van der Waals surface area contributed by atoms with Gasteiger partial charge < -0.3 is 15.2 Å². The molecule has 1 fully saturated rings. The molecular weight excluding hydrogens is 246 g/mol. The standard InChI is InChI=1S/C14H25NO4/c1-19-9-4-2-3-8-15-13(16)11-6-5-7-12(10-11)14(17)18/h11-12H,2-10H2,1H3,(H,15,16)(H,17,18). The molecule has 0 bridgehead atoms. The molecule has 0 aliphatic heterocycles. The number of nitrogens with one attached hydrogen (secondary N) is 1. The zero-order valence-corrected chi connectivity index (χ0v) is 11.7. The molecule has 0 aromatic carbocycles. The van der Waals surface area contributed by atoms with Gasteiger partial charge in [0.05, 0.1) is 5.92 Å². The van der Waals surface area contributed by atoms with E-state index in [9.17, 15) is 9.59 Å². The van der Waals surface area contributed by atoms with Gasteiger partial charge in [0.25, 0.3) is 0 Å². The summed E-state index contributed by atoms with van der Waals surface area (Å²) in [6, 6.07) is 0. The largest absolute Gasteiger partial charge is 0.481 e. The lowest BCUT2D eigenvalue weighted by molar-refractivity contribution is -0.144. The van der Waals surface area contributed by atoms with Crippen molar-refractivity contribution in [3.8, 4) is 0 Å². The van der Waals surface area contributed by atoms with Gasteiger partial charge in [-0.1, -0.05) is 6.42 Å². The molecular formula is C14H25NO4. The Balaban J connectivity index is 2.16. The average Bonchev–Trinajstić information content (AvgIpc) is 2.42. The van der Waals surface area contributed by atoms with Gasteiger partial charge in [-0.15, -0.1) is 0 Å². The zero-order valence-electron chi connectivity index (χ0n) is 11.7. The van der Waals surface area contributed by atoms with Crippen LogP contribution in [0, 0.1) is 11.8 Å². The number of ether oxygens (including phenoxy) is 1. The van der Waals surface area contributed by atoms with E-state index in [2.05, 4.69) is 5.32 Å². The molecule has 5 nitrogen and oxygen atoms in total. The molecule has 0 heterocycles. The van der Waals surface area contributed by atoms with E-state index in [1.165, 1.54) is 0 Å². The quantitative estimate of drug-likeness (QED) is 0.660. The highest BCUT2D eigenvalue weighted by Crippen LogP contribution is 2.29. The van der Waals surface area contributed by atoms with Gasteiger partial charge in [0.1, 0.15) is 0 Å². The molecule has 2 N–H and O–H groups in total. The third-order valence-electron chi connectivity index (χ3n) is 3.72. The topological polar surface area (TPSA) is 75.6 Å². The number of unbranched alkanes of at least 4 members (excludes halogenated alkanes) is 2. The Morgan fingerprint density at radius 2 is 1.95 bits per heavy atom. The smallest absolute Gasteiger partial charge is 0.306 e. The highest BCUT2D eigenvalue weighted by Gasteiger charge is 2.30. The molecule has 1 amide bonds. The van der Waals surface area contributed by atoms with Crippen molar-refractivity contribution in [1.29, 1.82) is 0 Å². The number of hydrogen-bond acceptors (Lipinski definition) is 3. The van der Waals surface area contributed by atoms with Crippen molar-refractivity contribution in [1.82, 2.24) is 5.32 Å². The first-order valence-electron chi connectivity index (χ1n) is 7.14. The lowest BCUT2D eigenvalue weighted by Crippen LogP contribution is -2.35. The molecule has 0 saturated heterocycles. The number of amides is 1. The third kappa shape index (κ3) is 6.05. The summed E-state index contributed by atoms with van der Waals surface area (Å²) < 4.78 is 4.96. The highest BCUT2D eigenvalue weighted by molar-refractivity contribution is 5.80. The second-order valence-corrected chi connectivity index (χ2v) is 5.24. The number of methoxy groups -OCH3 is 1. The van der Waals surface area contributed by atoms with Gasteiger partial charge in [-0.25, -0.2) is 0 Å². The summed E-state index contributed by atoms with van der Waals surface area (Å²) in [4.78, 5) is 22.9. The van der Waals surface area contributed by atoms with Crippen LogP contribution in [0.4, 0.5) is 0 Å². The first-order valence-corrected chi connectivity index (χ1v) is 7.14. The normalized spacial score (nSPS) is 23.0. The molecule has 2 atom stereocenters. The Bertz CT molecular complexity index is 293. The van der Waals surface area contributed by atoms with Crippen LogP contribution in [0.25, 0.3) is 0 Å². The van der Waals surface area contributed by atoms with E-state index in [1.54, 1.807) is 7.11 Å². The molecule has 19 heavy (non-hydrogen) atoms. The highest BCUT2D eigenvalue weighted by atomic mass is 16.5. The van der Waals surface area contributed by atoms with Gasteiger partial charge in [0, 0.05) is 26.2 Å². The summed E-state index contributed by atoms with van der Waals surface area (Å²) >= 11 is 0. The Kier molecular flexibility index (Phi) is 7.48. The van der Waals surface area contributed by atoms with Crippen LogP contribution in [-0.2, 0) is 14.3 Å². The minimum Gasteiger partial charge on any atom is -0.481 e. The molecule has 2 unspecified atom stereocenters. The second-order valence-electron chi connectivity index (χ2n) is 5.24. The van der Waals surface area contributed by atoms with Crippen molar-refractivity contribution in [2.75, 3.05) is 20.3 Å².